The minimum Gasteiger partial charge on any atom is -0.385 e. The smallest absolute Gasteiger partial charge is 0.0955 e. The minimum atomic E-state index is 0.242. The maximum atomic E-state index is 5.69. The number of aromatic nitrogens is 2. The predicted molar refractivity (Wildman–Crippen MR) is 67.5 cm³/mol. The second-order valence-corrected chi connectivity index (χ2v) is 4.25. The first kappa shape index (κ1) is 11.0. The van der Waals surface area contributed by atoms with E-state index in [1.165, 1.54) is 0 Å². The lowest BCUT2D eigenvalue weighted by molar-refractivity contribution is 0.690. The number of imidazole rings is 1. The largest absolute Gasteiger partial charge is 0.385 e. The zero-order valence-electron chi connectivity index (χ0n) is 9.77. The van der Waals surface area contributed by atoms with Crippen LogP contribution in [0.5, 0.6) is 0 Å². The zero-order valence-corrected chi connectivity index (χ0v) is 9.77. The van der Waals surface area contributed by atoms with E-state index in [4.69, 9.17) is 5.73 Å². The molecule has 0 amide bonds. The van der Waals surface area contributed by atoms with Gasteiger partial charge in [0.05, 0.1) is 17.4 Å². The van der Waals surface area contributed by atoms with Crippen molar-refractivity contribution >= 4 is 16.7 Å². The molecule has 0 aliphatic heterocycles. The quantitative estimate of drug-likeness (QED) is 0.821. The lowest BCUT2D eigenvalue weighted by atomic mass is 10.2. The van der Waals surface area contributed by atoms with Crippen molar-refractivity contribution < 1.29 is 0 Å². The highest BCUT2D eigenvalue weighted by Crippen LogP contribution is 2.17. The lowest BCUT2D eigenvalue weighted by Gasteiger charge is -2.08. The molecule has 1 aromatic carbocycles. The second-order valence-electron chi connectivity index (χ2n) is 4.25. The van der Waals surface area contributed by atoms with Gasteiger partial charge < -0.3 is 15.6 Å². The fraction of sp³-hybridized carbons (Fsp3) is 0.417. The van der Waals surface area contributed by atoms with Crippen molar-refractivity contribution in [3.63, 3.8) is 0 Å². The van der Waals surface area contributed by atoms with Crippen LogP contribution in [0.4, 0.5) is 5.69 Å². The van der Waals surface area contributed by atoms with Crippen molar-refractivity contribution in [2.45, 2.75) is 19.4 Å². The average molecular weight is 218 g/mol. The molecule has 1 heterocycles. The van der Waals surface area contributed by atoms with Crippen molar-refractivity contribution in [2.75, 3.05) is 11.9 Å². The monoisotopic (exact) mass is 218 g/mol. The molecular formula is C12H18N4. The SMILES string of the molecule is CC(N)CCNc1ccc2c(c1)ncn2C. The number of rotatable bonds is 4. The lowest BCUT2D eigenvalue weighted by Crippen LogP contribution is -2.19. The molecule has 16 heavy (non-hydrogen) atoms. The summed E-state index contributed by atoms with van der Waals surface area (Å²) in [6, 6.07) is 6.46. The van der Waals surface area contributed by atoms with Crippen molar-refractivity contribution in [1.29, 1.82) is 0 Å². The van der Waals surface area contributed by atoms with Crippen LogP contribution in [0, 0.1) is 0 Å². The number of hydrogen-bond acceptors (Lipinski definition) is 3. The molecular weight excluding hydrogens is 200 g/mol. The molecule has 0 bridgehead atoms. The van der Waals surface area contributed by atoms with Crippen LogP contribution in [0.2, 0.25) is 0 Å². The van der Waals surface area contributed by atoms with Gasteiger partial charge in [0.1, 0.15) is 0 Å². The van der Waals surface area contributed by atoms with E-state index in [9.17, 15) is 0 Å². The Morgan fingerprint density at radius 3 is 3.06 bits per heavy atom. The van der Waals surface area contributed by atoms with E-state index in [0.29, 0.717) is 0 Å². The van der Waals surface area contributed by atoms with Crippen LogP contribution in [0.15, 0.2) is 24.5 Å². The first-order chi connectivity index (χ1) is 7.66. The Labute approximate surface area is 95.5 Å². The third kappa shape index (κ3) is 2.33. The molecule has 3 N–H and O–H groups in total. The van der Waals surface area contributed by atoms with Crippen LogP contribution in [-0.4, -0.2) is 22.1 Å². The molecule has 0 saturated carbocycles. The third-order valence-corrected chi connectivity index (χ3v) is 2.65. The van der Waals surface area contributed by atoms with Gasteiger partial charge in [-0.1, -0.05) is 0 Å². The molecule has 1 aromatic heterocycles. The van der Waals surface area contributed by atoms with E-state index >= 15 is 0 Å². The van der Waals surface area contributed by atoms with E-state index in [0.717, 1.165) is 29.7 Å². The maximum absolute atomic E-state index is 5.69. The van der Waals surface area contributed by atoms with Crippen LogP contribution in [-0.2, 0) is 7.05 Å². The van der Waals surface area contributed by atoms with Gasteiger partial charge in [0.15, 0.2) is 0 Å². The van der Waals surface area contributed by atoms with E-state index in [2.05, 4.69) is 28.5 Å². The summed E-state index contributed by atoms with van der Waals surface area (Å²) >= 11 is 0. The molecule has 0 spiro atoms. The Kier molecular flexibility index (Phi) is 3.10. The second kappa shape index (κ2) is 4.53. The number of fused-ring (bicyclic) bond motifs is 1. The van der Waals surface area contributed by atoms with Crippen LogP contribution in [0.1, 0.15) is 13.3 Å². The molecule has 4 nitrogen and oxygen atoms in total. The summed E-state index contributed by atoms with van der Waals surface area (Å²) in [5, 5.41) is 3.35. The average Bonchev–Trinajstić information content (AvgIpc) is 2.60. The Balaban J connectivity index is 2.08. The van der Waals surface area contributed by atoms with Crippen LogP contribution in [0.3, 0.4) is 0 Å². The summed E-state index contributed by atoms with van der Waals surface area (Å²) in [6.07, 6.45) is 2.80. The van der Waals surface area contributed by atoms with E-state index in [1.807, 2.05) is 24.9 Å². The summed E-state index contributed by atoms with van der Waals surface area (Å²) in [6.45, 7) is 2.92. The predicted octanol–water partition coefficient (Wildman–Crippen LogP) is 1.72. The molecule has 0 aliphatic rings. The Morgan fingerprint density at radius 2 is 2.31 bits per heavy atom. The van der Waals surface area contributed by atoms with Gasteiger partial charge in [-0.25, -0.2) is 4.98 Å². The van der Waals surface area contributed by atoms with Crippen LogP contribution >= 0.6 is 0 Å². The van der Waals surface area contributed by atoms with Crippen molar-refractivity contribution in [3.8, 4) is 0 Å². The van der Waals surface area contributed by atoms with Gasteiger partial charge in [0, 0.05) is 25.3 Å². The van der Waals surface area contributed by atoms with Crippen molar-refractivity contribution in [1.82, 2.24) is 9.55 Å². The summed E-state index contributed by atoms with van der Waals surface area (Å²) in [7, 11) is 2.00. The fourth-order valence-electron chi connectivity index (χ4n) is 1.69. The molecule has 0 saturated heterocycles. The van der Waals surface area contributed by atoms with Gasteiger partial charge in [0.25, 0.3) is 0 Å². The summed E-state index contributed by atoms with van der Waals surface area (Å²) in [5.74, 6) is 0. The number of aryl methyl sites for hydroxylation is 1. The molecule has 0 fully saturated rings. The summed E-state index contributed by atoms with van der Waals surface area (Å²) < 4.78 is 2.01. The van der Waals surface area contributed by atoms with E-state index < -0.39 is 0 Å². The van der Waals surface area contributed by atoms with Gasteiger partial charge in [-0.15, -0.1) is 0 Å². The Morgan fingerprint density at radius 1 is 1.50 bits per heavy atom. The molecule has 0 aliphatic carbocycles. The normalized spacial score (nSPS) is 12.9. The molecule has 1 atom stereocenters. The highest BCUT2D eigenvalue weighted by molar-refractivity contribution is 5.79. The highest BCUT2D eigenvalue weighted by atomic mass is 15.0. The maximum Gasteiger partial charge on any atom is 0.0955 e. The van der Waals surface area contributed by atoms with Crippen LogP contribution in [0.25, 0.3) is 11.0 Å². The van der Waals surface area contributed by atoms with Gasteiger partial charge >= 0.3 is 0 Å². The molecule has 86 valence electrons. The van der Waals surface area contributed by atoms with Gasteiger partial charge in [-0.2, -0.15) is 0 Å². The number of hydrogen-bond donors (Lipinski definition) is 2. The fourth-order valence-corrected chi connectivity index (χ4v) is 1.69. The van der Waals surface area contributed by atoms with Gasteiger partial charge in [0.2, 0.25) is 0 Å². The number of anilines is 1. The third-order valence-electron chi connectivity index (χ3n) is 2.65. The van der Waals surface area contributed by atoms with Crippen LogP contribution < -0.4 is 11.1 Å². The number of nitrogens with two attached hydrogens (primary N) is 1. The van der Waals surface area contributed by atoms with Gasteiger partial charge in [-0.05, 0) is 31.5 Å². The van der Waals surface area contributed by atoms with E-state index in [1.54, 1.807) is 0 Å². The summed E-state index contributed by atoms with van der Waals surface area (Å²) in [4.78, 5) is 4.32. The molecule has 1 unspecified atom stereocenters. The molecule has 4 heteroatoms. The number of nitrogens with one attached hydrogen (secondary N) is 1. The van der Waals surface area contributed by atoms with Crippen molar-refractivity contribution in [2.24, 2.45) is 12.8 Å². The highest BCUT2D eigenvalue weighted by Gasteiger charge is 2.00. The minimum absolute atomic E-state index is 0.242. The molecule has 0 radical (unpaired) electrons. The number of nitrogens with zero attached hydrogens (tertiary/aromatic N) is 2. The summed E-state index contributed by atoms with van der Waals surface area (Å²) in [5.41, 5.74) is 8.97. The first-order valence-corrected chi connectivity index (χ1v) is 5.57. The topological polar surface area (TPSA) is 55.9 Å². The Hall–Kier alpha value is -1.55. The Bertz CT molecular complexity index is 473. The first-order valence-electron chi connectivity index (χ1n) is 5.57. The number of benzene rings is 1. The molecule has 2 rings (SSSR count). The van der Waals surface area contributed by atoms with Crippen molar-refractivity contribution in [3.05, 3.63) is 24.5 Å². The molecule has 2 aromatic rings. The van der Waals surface area contributed by atoms with E-state index in [-0.39, 0.29) is 6.04 Å². The van der Waals surface area contributed by atoms with Gasteiger partial charge in [-0.3, -0.25) is 0 Å². The zero-order chi connectivity index (χ0) is 11.5. The standard InChI is InChI=1S/C12H18N4/c1-9(13)5-6-14-10-3-4-12-11(7-10)15-8-16(12)2/h3-4,7-9,14H,5-6,13H2,1-2H3.